The van der Waals surface area contributed by atoms with E-state index in [1.54, 1.807) is 25.3 Å². The number of rotatable bonds is 2. The van der Waals surface area contributed by atoms with Gasteiger partial charge in [-0.05, 0) is 18.6 Å². The molecule has 0 N–H and O–H groups in total. The zero-order valence-corrected chi connectivity index (χ0v) is 9.98. The molecule has 0 radical (unpaired) electrons. The van der Waals surface area contributed by atoms with Gasteiger partial charge in [-0.3, -0.25) is 0 Å². The fourth-order valence-electron chi connectivity index (χ4n) is 1.35. The highest BCUT2D eigenvalue weighted by molar-refractivity contribution is 7.95. The van der Waals surface area contributed by atoms with Gasteiger partial charge in [0, 0.05) is 17.6 Å². The highest BCUT2D eigenvalue weighted by atomic mass is 35.5. The molecule has 2 rings (SSSR count). The fraction of sp³-hybridized carbons (Fsp3) is 0.400. The fourth-order valence-corrected chi connectivity index (χ4v) is 3.04. The second-order valence-corrected chi connectivity index (χ2v) is 6.39. The minimum absolute atomic E-state index is 0.519. The summed E-state index contributed by atoms with van der Waals surface area (Å²) in [5, 5.41) is 0.519. The van der Waals surface area contributed by atoms with Crippen LogP contribution in [-0.4, -0.2) is 22.8 Å². The molecule has 1 aliphatic rings. The molecule has 1 heterocycles. The van der Waals surface area contributed by atoms with Crippen molar-refractivity contribution >= 4 is 27.0 Å². The summed E-state index contributed by atoms with van der Waals surface area (Å²) in [6.07, 6.45) is 0.990. The van der Waals surface area contributed by atoms with Crippen LogP contribution in [-0.2, 0) is 9.73 Å². The zero-order chi connectivity index (χ0) is 10.9. The standard InChI is InChI=1S/C10H12ClNO2S/c1-14-8-3-4-9(11)10(7-8)12-15(13)5-2-6-15/h3-4,7H,2,5-6H2,1H3. The molecule has 1 aromatic rings. The Bertz CT molecular complexity index is 482. The van der Waals surface area contributed by atoms with E-state index in [-0.39, 0.29) is 0 Å². The third kappa shape index (κ3) is 2.26. The summed E-state index contributed by atoms with van der Waals surface area (Å²) in [6, 6.07) is 5.18. The second-order valence-electron chi connectivity index (χ2n) is 3.44. The van der Waals surface area contributed by atoms with Gasteiger partial charge in [0.05, 0.1) is 27.5 Å². The molecule has 0 atom stereocenters. The molecule has 0 spiro atoms. The van der Waals surface area contributed by atoms with Gasteiger partial charge in [0.2, 0.25) is 0 Å². The van der Waals surface area contributed by atoms with E-state index in [2.05, 4.69) is 4.36 Å². The first-order valence-electron chi connectivity index (χ1n) is 4.69. The first kappa shape index (κ1) is 10.8. The molecule has 1 aliphatic heterocycles. The lowest BCUT2D eigenvalue weighted by Gasteiger charge is -2.18. The average Bonchev–Trinajstić information content (AvgIpc) is 2.19. The van der Waals surface area contributed by atoms with Crippen molar-refractivity contribution in [1.82, 2.24) is 0 Å². The van der Waals surface area contributed by atoms with Gasteiger partial charge < -0.3 is 4.74 Å². The molecule has 1 saturated heterocycles. The number of nitrogens with zero attached hydrogens (tertiary/aromatic N) is 1. The Kier molecular flexibility index (Phi) is 2.89. The summed E-state index contributed by atoms with van der Waals surface area (Å²) in [6.45, 7) is 0. The van der Waals surface area contributed by atoms with Crippen molar-refractivity contribution in [2.24, 2.45) is 4.36 Å². The molecule has 0 unspecified atom stereocenters. The number of benzene rings is 1. The van der Waals surface area contributed by atoms with E-state index in [4.69, 9.17) is 16.3 Å². The van der Waals surface area contributed by atoms with Gasteiger partial charge >= 0.3 is 0 Å². The third-order valence-corrected chi connectivity index (χ3v) is 5.05. The van der Waals surface area contributed by atoms with E-state index in [1.807, 2.05) is 0 Å². The van der Waals surface area contributed by atoms with Gasteiger partial charge in [-0.1, -0.05) is 11.6 Å². The molecular weight excluding hydrogens is 234 g/mol. The van der Waals surface area contributed by atoms with E-state index in [0.717, 1.165) is 6.42 Å². The van der Waals surface area contributed by atoms with Crippen LogP contribution >= 0.6 is 11.6 Å². The molecule has 0 bridgehead atoms. The largest absolute Gasteiger partial charge is 0.497 e. The molecule has 0 amide bonds. The van der Waals surface area contributed by atoms with Crippen molar-refractivity contribution < 1.29 is 8.95 Å². The lowest BCUT2D eigenvalue weighted by atomic mass is 10.3. The summed E-state index contributed by atoms with van der Waals surface area (Å²) in [5.74, 6) is 2.04. The van der Waals surface area contributed by atoms with Gasteiger partial charge in [-0.25, -0.2) is 4.21 Å². The molecule has 0 aliphatic carbocycles. The second kappa shape index (κ2) is 4.02. The van der Waals surface area contributed by atoms with Crippen LogP contribution in [0.2, 0.25) is 5.02 Å². The summed E-state index contributed by atoms with van der Waals surface area (Å²) in [5.41, 5.74) is 0.570. The minimum atomic E-state index is -2.00. The zero-order valence-electron chi connectivity index (χ0n) is 8.40. The normalized spacial score (nSPS) is 18.0. The maximum Gasteiger partial charge on any atom is 0.121 e. The van der Waals surface area contributed by atoms with Crippen LogP contribution < -0.4 is 4.74 Å². The lowest BCUT2D eigenvalue weighted by molar-refractivity contribution is 0.415. The van der Waals surface area contributed by atoms with Gasteiger partial charge in [-0.2, -0.15) is 4.36 Å². The molecule has 0 aromatic heterocycles. The van der Waals surface area contributed by atoms with E-state index in [9.17, 15) is 4.21 Å². The van der Waals surface area contributed by atoms with Crippen molar-refractivity contribution in [3.8, 4) is 5.75 Å². The number of methoxy groups -OCH3 is 1. The molecule has 1 fully saturated rings. The molecule has 0 saturated carbocycles. The van der Waals surface area contributed by atoms with Crippen LogP contribution in [0.1, 0.15) is 6.42 Å². The number of ether oxygens (including phenoxy) is 1. The SMILES string of the molecule is COc1ccc(Cl)c(N=S2(=O)CCC2)c1. The Balaban J connectivity index is 2.43. The van der Waals surface area contributed by atoms with E-state index in [1.165, 1.54) is 0 Å². The van der Waals surface area contributed by atoms with Crippen LogP contribution in [0.3, 0.4) is 0 Å². The Morgan fingerprint density at radius 2 is 2.20 bits per heavy atom. The first-order valence-corrected chi connectivity index (χ1v) is 6.92. The quantitative estimate of drug-likeness (QED) is 0.804. The van der Waals surface area contributed by atoms with Gasteiger partial charge in [0.15, 0.2) is 0 Å². The van der Waals surface area contributed by atoms with Crippen LogP contribution in [0.25, 0.3) is 0 Å². The Hall–Kier alpha value is -0.740. The van der Waals surface area contributed by atoms with Crippen molar-refractivity contribution in [2.45, 2.75) is 6.42 Å². The number of hydrogen-bond donors (Lipinski definition) is 0. The van der Waals surface area contributed by atoms with Crippen LogP contribution in [0.15, 0.2) is 22.6 Å². The molecule has 1 aromatic carbocycles. The van der Waals surface area contributed by atoms with Crippen LogP contribution in [0.4, 0.5) is 5.69 Å². The van der Waals surface area contributed by atoms with Gasteiger partial charge in [-0.15, -0.1) is 0 Å². The Morgan fingerprint density at radius 3 is 2.73 bits per heavy atom. The summed E-state index contributed by atoms with van der Waals surface area (Å²) < 4.78 is 21.2. The minimum Gasteiger partial charge on any atom is -0.497 e. The monoisotopic (exact) mass is 245 g/mol. The predicted octanol–water partition coefficient (Wildman–Crippen LogP) is 2.85. The first-order chi connectivity index (χ1) is 7.13. The van der Waals surface area contributed by atoms with Crippen molar-refractivity contribution in [3.63, 3.8) is 0 Å². The van der Waals surface area contributed by atoms with E-state index in [0.29, 0.717) is 28.0 Å². The van der Waals surface area contributed by atoms with Gasteiger partial charge in [0.25, 0.3) is 0 Å². The maximum absolute atomic E-state index is 11.9. The molecule has 15 heavy (non-hydrogen) atoms. The number of hydrogen-bond acceptors (Lipinski definition) is 3. The topological polar surface area (TPSA) is 38.7 Å². The summed E-state index contributed by atoms with van der Waals surface area (Å²) in [7, 11) is -0.425. The highest BCUT2D eigenvalue weighted by Gasteiger charge is 2.19. The number of halogens is 1. The maximum atomic E-state index is 11.9. The lowest BCUT2D eigenvalue weighted by Crippen LogP contribution is -2.22. The molecule has 5 heteroatoms. The predicted molar refractivity (Wildman–Crippen MR) is 62.6 cm³/mol. The van der Waals surface area contributed by atoms with Crippen LogP contribution in [0, 0.1) is 0 Å². The third-order valence-electron chi connectivity index (χ3n) is 2.34. The van der Waals surface area contributed by atoms with Crippen molar-refractivity contribution in [3.05, 3.63) is 23.2 Å². The van der Waals surface area contributed by atoms with Crippen LogP contribution in [0.5, 0.6) is 5.75 Å². The van der Waals surface area contributed by atoms with Crippen molar-refractivity contribution in [2.75, 3.05) is 18.6 Å². The summed E-state index contributed by atoms with van der Waals surface area (Å²) in [4.78, 5) is 0. The summed E-state index contributed by atoms with van der Waals surface area (Å²) >= 11 is 5.97. The van der Waals surface area contributed by atoms with Crippen molar-refractivity contribution in [1.29, 1.82) is 0 Å². The highest BCUT2D eigenvalue weighted by Crippen LogP contribution is 2.32. The average molecular weight is 246 g/mol. The van der Waals surface area contributed by atoms with E-state index >= 15 is 0 Å². The Morgan fingerprint density at radius 1 is 1.47 bits per heavy atom. The Labute approximate surface area is 94.6 Å². The van der Waals surface area contributed by atoms with Gasteiger partial charge in [0.1, 0.15) is 5.75 Å². The molecular formula is C10H12ClNO2S. The smallest absolute Gasteiger partial charge is 0.121 e. The molecule has 3 nitrogen and oxygen atoms in total. The van der Waals surface area contributed by atoms with E-state index < -0.39 is 9.73 Å². The molecule has 82 valence electrons.